The van der Waals surface area contributed by atoms with Crippen molar-refractivity contribution in [2.24, 2.45) is 0 Å². The van der Waals surface area contributed by atoms with Gasteiger partial charge in [0, 0.05) is 9.92 Å². The number of rotatable bonds is 3. The third-order valence-electron chi connectivity index (χ3n) is 1.95. The maximum atomic E-state index is 11.8. The highest BCUT2D eigenvalue weighted by molar-refractivity contribution is 8.14. The summed E-state index contributed by atoms with van der Waals surface area (Å²) in [6.45, 7) is 0. The van der Waals surface area contributed by atoms with Gasteiger partial charge in [0.1, 0.15) is 0 Å². The molecule has 0 aliphatic rings. The van der Waals surface area contributed by atoms with E-state index in [2.05, 4.69) is 0 Å². The molecule has 0 saturated carbocycles. The molecule has 0 aliphatic heterocycles. The van der Waals surface area contributed by atoms with Crippen molar-refractivity contribution in [1.29, 1.82) is 0 Å². The van der Waals surface area contributed by atoms with E-state index in [9.17, 15) is 9.59 Å². The fraction of sp³-hybridized carbons (Fsp3) is 0. The number of hydrogen-bond donors (Lipinski definition) is 0. The number of carbonyl (C=O) groups excluding carboxylic acids is 2. The Morgan fingerprint density at radius 1 is 1.29 bits per heavy atom. The van der Waals surface area contributed by atoms with Gasteiger partial charge in [0.05, 0.1) is 0 Å². The molecule has 0 radical (unpaired) electrons. The zero-order valence-electron chi connectivity index (χ0n) is 8.55. The zero-order valence-corrected chi connectivity index (χ0v) is 10.1. The summed E-state index contributed by atoms with van der Waals surface area (Å²) in [7, 11) is 0. The van der Waals surface area contributed by atoms with Crippen molar-refractivity contribution in [2.45, 2.75) is 4.90 Å². The number of aldehydes is 1. The molecule has 0 bridgehead atoms. The molecule has 5 heteroatoms. The number of furan rings is 1. The minimum atomic E-state index is -0.264. The van der Waals surface area contributed by atoms with E-state index in [1.54, 1.807) is 24.3 Å². The van der Waals surface area contributed by atoms with Crippen LogP contribution in [0.5, 0.6) is 0 Å². The van der Waals surface area contributed by atoms with Crippen LogP contribution in [0.1, 0.15) is 21.1 Å². The van der Waals surface area contributed by atoms with Crippen LogP contribution in [-0.2, 0) is 0 Å². The topological polar surface area (TPSA) is 47.3 Å². The molecule has 3 nitrogen and oxygen atoms in total. The Labute approximate surface area is 107 Å². The lowest BCUT2D eigenvalue weighted by Gasteiger charge is -1.98. The van der Waals surface area contributed by atoms with Gasteiger partial charge in [0.25, 0.3) is 5.12 Å². The van der Waals surface area contributed by atoms with Crippen molar-refractivity contribution >= 4 is 34.8 Å². The maximum Gasteiger partial charge on any atom is 0.259 e. The van der Waals surface area contributed by atoms with Gasteiger partial charge in [-0.2, -0.15) is 0 Å². The zero-order chi connectivity index (χ0) is 12.3. The Hall–Kier alpha value is -1.52. The van der Waals surface area contributed by atoms with E-state index in [0.29, 0.717) is 11.3 Å². The summed E-state index contributed by atoms with van der Waals surface area (Å²) in [4.78, 5) is 22.9. The summed E-state index contributed by atoms with van der Waals surface area (Å²) in [6.07, 6.45) is 0.556. The first-order valence-corrected chi connectivity index (χ1v) is 5.91. The molecule has 0 N–H and O–H groups in total. The number of benzene rings is 1. The van der Waals surface area contributed by atoms with E-state index in [1.165, 1.54) is 12.1 Å². The van der Waals surface area contributed by atoms with Gasteiger partial charge in [-0.1, -0.05) is 17.7 Å². The Morgan fingerprint density at radius 2 is 2.12 bits per heavy atom. The molecule has 0 amide bonds. The van der Waals surface area contributed by atoms with Crippen LogP contribution in [0.25, 0.3) is 0 Å². The summed E-state index contributed by atoms with van der Waals surface area (Å²) in [5.74, 6) is 0.289. The first-order valence-electron chi connectivity index (χ1n) is 4.72. The Balaban J connectivity index is 2.14. The lowest BCUT2D eigenvalue weighted by Crippen LogP contribution is -1.90. The van der Waals surface area contributed by atoms with Crippen LogP contribution in [0.3, 0.4) is 0 Å². The van der Waals surface area contributed by atoms with E-state index in [1.807, 2.05) is 0 Å². The van der Waals surface area contributed by atoms with E-state index in [4.69, 9.17) is 16.0 Å². The summed E-state index contributed by atoms with van der Waals surface area (Å²) >= 11 is 6.81. The Bertz CT molecular complexity index is 562. The van der Waals surface area contributed by atoms with Crippen LogP contribution in [0.2, 0.25) is 5.02 Å². The lowest BCUT2D eigenvalue weighted by atomic mass is 10.4. The van der Waals surface area contributed by atoms with Crippen molar-refractivity contribution in [3.8, 4) is 0 Å². The Morgan fingerprint density at radius 3 is 2.76 bits per heavy atom. The molecule has 2 rings (SSSR count). The molecule has 1 heterocycles. The van der Waals surface area contributed by atoms with Gasteiger partial charge in [0.15, 0.2) is 17.8 Å². The third-order valence-corrected chi connectivity index (χ3v) is 3.06. The lowest BCUT2D eigenvalue weighted by molar-refractivity contribution is 0.105. The fourth-order valence-electron chi connectivity index (χ4n) is 1.21. The minimum absolute atomic E-state index is 0.139. The maximum absolute atomic E-state index is 11.8. The standard InChI is InChI=1S/C12H7ClO3S/c13-8-2-1-3-10(6-8)17-12(15)11-5-4-9(7-14)16-11/h1-7H. The predicted octanol–water partition coefficient (Wildman–Crippen LogP) is 3.68. The van der Waals surface area contributed by atoms with Gasteiger partial charge < -0.3 is 4.42 Å². The molecule has 17 heavy (non-hydrogen) atoms. The van der Waals surface area contributed by atoms with Crippen molar-refractivity contribution in [2.75, 3.05) is 0 Å². The Kier molecular flexibility index (Phi) is 3.66. The van der Waals surface area contributed by atoms with Crippen LogP contribution < -0.4 is 0 Å². The highest BCUT2D eigenvalue weighted by Crippen LogP contribution is 2.25. The van der Waals surface area contributed by atoms with E-state index in [-0.39, 0.29) is 16.6 Å². The third kappa shape index (κ3) is 2.99. The molecular formula is C12H7ClO3S. The van der Waals surface area contributed by atoms with E-state index >= 15 is 0 Å². The number of hydrogen-bond acceptors (Lipinski definition) is 4. The van der Waals surface area contributed by atoms with Crippen LogP contribution in [0, 0.1) is 0 Å². The van der Waals surface area contributed by atoms with Gasteiger partial charge in [-0.25, -0.2) is 0 Å². The smallest absolute Gasteiger partial charge is 0.259 e. The molecular weight excluding hydrogens is 260 g/mol. The van der Waals surface area contributed by atoms with Crippen molar-refractivity contribution in [3.05, 3.63) is 52.9 Å². The highest BCUT2D eigenvalue weighted by Gasteiger charge is 2.12. The van der Waals surface area contributed by atoms with Gasteiger partial charge in [-0.3, -0.25) is 9.59 Å². The first-order chi connectivity index (χ1) is 8.19. The molecule has 0 unspecified atom stereocenters. The fourth-order valence-corrected chi connectivity index (χ4v) is 2.23. The van der Waals surface area contributed by atoms with Gasteiger partial charge in [0.2, 0.25) is 0 Å². The molecule has 0 atom stereocenters. The SMILES string of the molecule is O=Cc1ccc(C(=O)Sc2cccc(Cl)c2)o1. The summed E-state index contributed by atoms with van der Waals surface area (Å²) in [5, 5.41) is 0.302. The van der Waals surface area contributed by atoms with Crippen LogP contribution in [0.4, 0.5) is 0 Å². The van der Waals surface area contributed by atoms with E-state index < -0.39 is 0 Å². The summed E-state index contributed by atoms with van der Waals surface area (Å²) in [5.41, 5.74) is 0. The monoisotopic (exact) mass is 266 g/mol. The molecule has 1 aromatic carbocycles. The van der Waals surface area contributed by atoms with Crippen molar-refractivity contribution < 1.29 is 14.0 Å². The van der Waals surface area contributed by atoms with E-state index in [0.717, 1.165) is 16.7 Å². The summed E-state index contributed by atoms with van der Waals surface area (Å²) < 4.78 is 5.03. The molecule has 0 aliphatic carbocycles. The van der Waals surface area contributed by atoms with Gasteiger partial charge in [-0.05, 0) is 42.1 Å². The number of thioether (sulfide) groups is 1. The average molecular weight is 267 g/mol. The second-order valence-electron chi connectivity index (χ2n) is 3.17. The molecule has 0 fully saturated rings. The quantitative estimate of drug-likeness (QED) is 0.628. The molecule has 86 valence electrons. The number of carbonyl (C=O) groups is 2. The second-order valence-corrected chi connectivity index (χ2v) is 4.65. The van der Waals surface area contributed by atoms with Gasteiger partial charge in [-0.15, -0.1) is 0 Å². The van der Waals surface area contributed by atoms with Crippen molar-refractivity contribution in [3.63, 3.8) is 0 Å². The largest absolute Gasteiger partial charge is 0.449 e. The highest BCUT2D eigenvalue weighted by atomic mass is 35.5. The first kappa shape index (κ1) is 12.0. The predicted molar refractivity (Wildman–Crippen MR) is 65.7 cm³/mol. The normalized spacial score (nSPS) is 10.2. The van der Waals surface area contributed by atoms with Crippen LogP contribution in [0.15, 0.2) is 45.7 Å². The van der Waals surface area contributed by atoms with Crippen LogP contribution >= 0.6 is 23.4 Å². The molecule has 0 saturated heterocycles. The van der Waals surface area contributed by atoms with Crippen molar-refractivity contribution in [1.82, 2.24) is 0 Å². The summed E-state index contributed by atoms with van der Waals surface area (Å²) in [6, 6.07) is 9.89. The van der Waals surface area contributed by atoms with Crippen LogP contribution in [-0.4, -0.2) is 11.4 Å². The molecule has 1 aromatic heterocycles. The molecule has 0 spiro atoms. The second kappa shape index (κ2) is 5.21. The number of halogens is 1. The molecule has 2 aromatic rings. The average Bonchev–Trinajstić information content (AvgIpc) is 2.77. The van der Waals surface area contributed by atoms with Gasteiger partial charge >= 0.3 is 0 Å². The minimum Gasteiger partial charge on any atom is -0.449 e.